The molecule has 0 aliphatic rings. The van der Waals surface area contributed by atoms with Crippen LogP contribution in [-0.4, -0.2) is 25.5 Å². The molecule has 0 atom stereocenters. The van der Waals surface area contributed by atoms with Crippen LogP contribution in [0.2, 0.25) is 0 Å². The van der Waals surface area contributed by atoms with Crippen molar-refractivity contribution in [3.05, 3.63) is 67.8 Å². The first-order valence-corrected chi connectivity index (χ1v) is 7.36. The molecule has 0 aromatic heterocycles. The quantitative estimate of drug-likeness (QED) is 0.494. The van der Waals surface area contributed by atoms with Crippen LogP contribution in [0.3, 0.4) is 0 Å². The Labute approximate surface area is 139 Å². The molecule has 23 heavy (non-hydrogen) atoms. The molecular weight excluding hydrogens is 290 g/mol. The van der Waals surface area contributed by atoms with E-state index in [9.17, 15) is 9.59 Å². The number of rotatable bonds is 6. The summed E-state index contributed by atoms with van der Waals surface area (Å²) in [5.41, 5.74) is 1.17. The van der Waals surface area contributed by atoms with E-state index in [1.807, 2.05) is 43.3 Å². The lowest BCUT2D eigenvalue weighted by atomic mass is 10.2. The molecule has 1 aromatic rings. The number of benzene rings is 1. The van der Waals surface area contributed by atoms with E-state index in [0.717, 1.165) is 12.8 Å². The Morgan fingerprint density at radius 1 is 1.13 bits per heavy atom. The highest BCUT2D eigenvalue weighted by molar-refractivity contribution is 5.86. The van der Waals surface area contributed by atoms with Gasteiger partial charge in [-0.1, -0.05) is 69.5 Å². The second-order valence-corrected chi connectivity index (χ2v) is 4.16. The van der Waals surface area contributed by atoms with E-state index in [1.165, 1.54) is 17.7 Å². The molecule has 126 valence electrons. The summed E-state index contributed by atoms with van der Waals surface area (Å²) in [5, 5.41) is 2.36. The van der Waals surface area contributed by atoms with Crippen LogP contribution in [0.4, 0.5) is 0 Å². The summed E-state index contributed by atoms with van der Waals surface area (Å²) in [6.07, 6.45) is 6.21. The molecule has 4 heteroatoms. The maximum absolute atomic E-state index is 10.3. The standard InChI is InChI=1S/C8H8.C7H12O2.C4H7NO/c1-2-8-6-4-3-5-7-8;1-3-5-6-9-7(8)4-2;1-3-4(6)5-2/h2-7H,1H2;4H,2-3,5-6H2,1H3;3H,1H2,2H3,(H,5,6). The van der Waals surface area contributed by atoms with Gasteiger partial charge in [0.05, 0.1) is 6.61 Å². The Morgan fingerprint density at radius 3 is 2.04 bits per heavy atom. The van der Waals surface area contributed by atoms with E-state index in [2.05, 4.69) is 29.8 Å². The predicted octanol–water partition coefficient (Wildman–Crippen LogP) is 3.76. The molecule has 0 heterocycles. The van der Waals surface area contributed by atoms with Crippen molar-refractivity contribution in [1.29, 1.82) is 0 Å². The zero-order chi connectivity index (χ0) is 17.9. The summed E-state index contributed by atoms with van der Waals surface area (Å²) in [6.45, 7) is 12.7. The van der Waals surface area contributed by atoms with E-state index in [4.69, 9.17) is 0 Å². The van der Waals surface area contributed by atoms with E-state index in [-0.39, 0.29) is 11.9 Å². The van der Waals surface area contributed by atoms with Gasteiger partial charge in [-0.2, -0.15) is 0 Å². The Hall–Kier alpha value is -2.62. The molecule has 0 aliphatic carbocycles. The van der Waals surface area contributed by atoms with E-state index in [1.54, 1.807) is 7.05 Å². The van der Waals surface area contributed by atoms with Gasteiger partial charge in [-0.05, 0) is 18.1 Å². The smallest absolute Gasteiger partial charge is 0.330 e. The average molecular weight is 317 g/mol. The Morgan fingerprint density at radius 2 is 1.74 bits per heavy atom. The number of carbonyl (C=O) groups is 2. The maximum atomic E-state index is 10.3. The van der Waals surface area contributed by atoms with Crippen LogP contribution in [0.5, 0.6) is 0 Å². The molecule has 0 aliphatic heterocycles. The molecule has 0 fully saturated rings. The van der Waals surface area contributed by atoms with Crippen molar-refractivity contribution in [2.24, 2.45) is 0 Å². The van der Waals surface area contributed by atoms with Crippen LogP contribution < -0.4 is 5.32 Å². The fourth-order valence-corrected chi connectivity index (χ4v) is 1.07. The molecule has 1 N–H and O–H groups in total. The predicted molar refractivity (Wildman–Crippen MR) is 96.9 cm³/mol. The topological polar surface area (TPSA) is 55.4 Å². The van der Waals surface area contributed by atoms with Crippen molar-refractivity contribution >= 4 is 18.0 Å². The fraction of sp³-hybridized carbons (Fsp3) is 0.263. The average Bonchev–Trinajstić information content (AvgIpc) is 2.62. The first kappa shape index (κ1) is 22.7. The lowest BCUT2D eigenvalue weighted by molar-refractivity contribution is -0.137. The zero-order valence-electron chi connectivity index (χ0n) is 14.1. The number of carbonyl (C=O) groups excluding carboxylic acids is 2. The molecule has 0 radical (unpaired) electrons. The molecule has 0 spiro atoms. The lowest BCUT2D eigenvalue weighted by Gasteiger charge is -1.97. The summed E-state index contributed by atoms with van der Waals surface area (Å²) < 4.78 is 4.67. The third-order valence-electron chi connectivity index (χ3n) is 2.38. The van der Waals surface area contributed by atoms with Crippen molar-refractivity contribution in [2.45, 2.75) is 19.8 Å². The van der Waals surface area contributed by atoms with Crippen LogP contribution in [0.15, 0.2) is 62.2 Å². The van der Waals surface area contributed by atoms with Crippen LogP contribution in [0.1, 0.15) is 25.3 Å². The molecule has 0 saturated heterocycles. The second-order valence-electron chi connectivity index (χ2n) is 4.16. The number of esters is 1. The number of amides is 1. The largest absolute Gasteiger partial charge is 0.463 e. The molecule has 0 unspecified atom stereocenters. The van der Waals surface area contributed by atoms with Gasteiger partial charge in [0.15, 0.2) is 0 Å². The Balaban J connectivity index is 0. The van der Waals surface area contributed by atoms with Gasteiger partial charge in [-0.3, -0.25) is 4.79 Å². The third-order valence-corrected chi connectivity index (χ3v) is 2.38. The lowest BCUT2D eigenvalue weighted by Crippen LogP contribution is -2.13. The summed E-state index contributed by atoms with van der Waals surface area (Å²) in [4.78, 5) is 20.3. The number of unbranched alkanes of at least 4 members (excludes halogenated alkanes) is 1. The Kier molecular flexibility index (Phi) is 17.2. The molecule has 4 nitrogen and oxygen atoms in total. The maximum Gasteiger partial charge on any atom is 0.330 e. The zero-order valence-corrected chi connectivity index (χ0v) is 14.1. The monoisotopic (exact) mass is 317 g/mol. The first-order chi connectivity index (χ1) is 11.0. The van der Waals surface area contributed by atoms with Gasteiger partial charge in [-0.25, -0.2) is 4.79 Å². The van der Waals surface area contributed by atoms with E-state index >= 15 is 0 Å². The highest BCUT2D eigenvalue weighted by Gasteiger charge is 1.91. The summed E-state index contributed by atoms with van der Waals surface area (Å²) >= 11 is 0. The van der Waals surface area contributed by atoms with Gasteiger partial charge >= 0.3 is 5.97 Å². The van der Waals surface area contributed by atoms with Crippen molar-refractivity contribution in [2.75, 3.05) is 13.7 Å². The van der Waals surface area contributed by atoms with Crippen molar-refractivity contribution in [1.82, 2.24) is 5.32 Å². The number of ether oxygens (including phenoxy) is 1. The number of hydrogen-bond donors (Lipinski definition) is 1. The summed E-state index contributed by atoms with van der Waals surface area (Å²) in [6, 6.07) is 10.0. The van der Waals surface area contributed by atoms with Crippen molar-refractivity contribution in [3.8, 4) is 0 Å². The molecule has 1 rings (SSSR count). The van der Waals surface area contributed by atoms with Crippen molar-refractivity contribution < 1.29 is 14.3 Å². The van der Waals surface area contributed by atoms with Gasteiger partial charge in [0.1, 0.15) is 0 Å². The normalized spacial score (nSPS) is 8.09. The van der Waals surface area contributed by atoms with Crippen LogP contribution >= 0.6 is 0 Å². The minimum Gasteiger partial charge on any atom is -0.463 e. The molecule has 0 saturated carbocycles. The van der Waals surface area contributed by atoms with Crippen molar-refractivity contribution in [3.63, 3.8) is 0 Å². The van der Waals surface area contributed by atoms with Gasteiger partial charge in [-0.15, -0.1) is 0 Å². The van der Waals surface area contributed by atoms with E-state index < -0.39 is 0 Å². The first-order valence-electron chi connectivity index (χ1n) is 7.36. The molecule has 1 aromatic carbocycles. The van der Waals surface area contributed by atoms with Crippen LogP contribution in [0.25, 0.3) is 6.08 Å². The van der Waals surface area contributed by atoms with Gasteiger partial charge in [0.2, 0.25) is 5.91 Å². The van der Waals surface area contributed by atoms with Gasteiger partial charge in [0.25, 0.3) is 0 Å². The summed E-state index contributed by atoms with van der Waals surface area (Å²) in [5.74, 6) is -0.474. The van der Waals surface area contributed by atoms with Gasteiger partial charge in [0, 0.05) is 13.1 Å². The molecule has 1 amide bonds. The second kappa shape index (κ2) is 17.4. The SMILES string of the molecule is C=CC(=O)NC.C=CC(=O)OCCCC.C=Cc1ccccc1. The van der Waals surface area contributed by atoms with Crippen LogP contribution in [-0.2, 0) is 14.3 Å². The van der Waals surface area contributed by atoms with Crippen LogP contribution in [0, 0.1) is 0 Å². The minimum absolute atomic E-state index is 0.144. The summed E-state index contributed by atoms with van der Waals surface area (Å²) in [7, 11) is 1.56. The number of nitrogens with one attached hydrogen (secondary N) is 1. The number of likely N-dealkylation sites (N-methyl/N-ethyl adjacent to an activating group) is 1. The Bertz CT molecular complexity index is 467. The number of hydrogen-bond acceptors (Lipinski definition) is 3. The van der Waals surface area contributed by atoms with E-state index in [0.29, 0.717) is 6.61 Å². The highest BCUT2D eigenvalue weighted by atomic mass is 16.5. The van der Waals surface area contributed by atoms with Gasteiger partial charge < -0.3 is 10.1 Å². The molecule has 0 bridgehead atoms. The highest BCUT2D eigenvalue weighted by Crippen LogP contribution is 1.97. The fourth-order valence-electron chi connectivity index (χ4n) is 1.07. The third kappa shape index (κ3) is 17.3. The minimum atomic E-state index is -0.330. The molecular formula is C19H27NO3.